The zero-order valence-corrected chi connectivity index (χ0v) is 13.8. The molecule has 6 heteroatoms. The van der Waals surface area contributed by atoms with Gasteiger partial charge in [-0.2, -0.15) is 0 Å². The third-order valence-corrected chi connectivity index (χ3v) is 3.52. The molecule has 1 N–H and O–H groups in total. The second-order valence-electron chi connectivity index (χ2n) is 5.05. The van der Waals surface area contributed by atoms with Crippen molar-refractivity contribution in [2.45, 2.75) is 20.3 Å². The van der Waals surface area contributed by atoms with Crippen LogP contribution in [0.25, 0.3) is 0 Å². The van der Waals surface area contributed by atoms with Gasteiger partial charge in [-0.1, -0.05) is 0 Å². The standard InChI is InChI=1S/C14H21N3O.2ClH/c1-10-4-5-13(11(2)16-10)14(18)17-7-6-12(9-17)8-15-3;;/h4-5,12,15H,6-9H2,1-3H3;2*1H. The Morgan fingerprint density at radius 1 is 1.40 bits per heavy atom. The van der Waals surface area contributed by atoms with Crippen molar-refractivity contribution < 1.29 is 4.79 Å². The van der Waals surface area contributed by atoms with Crippen LogP contribution in [0.15, 0.2) is 12.1 Å². The fourth-order valence-electron chi connectivity index (χ4n) is 2.56. The molecule has 1 unspecified atom stereocenters. The third-order valence-electron chi connectivity index (χ3n) is 3.52. The van der Waals surface area contributed by atoms with Gasteiger partial charge >= 0.3 is 0 Å². The van der Waals surface area contributed by atoms with E-state index >= 15 is 0 Å². The van der Waals surface area contributed by atoms with E-state index in [4.69, 9.17) is 0 Å². The smallest absolute Gasteiger partial charge is 0.255 e. The normalized spacial score (nSPS) is 17.4. The second-order valence-corrected chi connectivity index (χ2v) is 5.05. The van der Waals surface area contributed by atoms with Crippen molar-refractivity contribution in [3.05, 3.63) is 29.1 Å². The SMILES string of the molecule is CNCC1CCN(C(=O)c2ccc(C)nc2C)C1.Cl.Cl. The second kappa shape index (κ2) is 8.45. The average molecular weight is 320 g/mol. The lowest BCUT2D eigenvalue weighted by molar-refractivity contribution is 0.0786. The van der Waals surface area contributed by atoms with Gasteiger partial charge in [0.05, 0.1) is 11.3 Å². The Hall–Kier alpha value is -0.840. The number of nitrogens with one attached hydrogen (secondary N) is 1. The molecule has 2 heterocycles. The van der Waals surface area contributed by atoms with Crippen molar-refractivity contribution in [3.63, 3.8) is 0 Å². The Kier molecular flexibility index (Phi) is 8.09. The number of carbonyl (C=O) groups is 1. The van der Waals surface area contributed by atoms with Gasteiger partial charge in [-0.15, -0.1) is 24.8 Å². The van der Waals surface area contributed by atoms with Gasteiger partial charge in [-0.05, 0) is 51.9 Å². The molecule has 4 nitrogen and oxygen atoms in total. The van der Waals surface area contributed by atoms with Crippen LogP contribution in [0.2, 0.25) is 0 Å². The van der Waals surface area contributed by atoms with Gasteiger partial charge in [0.1, 0.15) is 0 Å². The Morgan fingerprint density at radius 2 is 2.10 bits per heavy atom. The summed E-state index contributed by atoms with van der Waals surface area (Å²) >= 11 is 0. The van der Waals surface area contributed by atoms with Crippen molar-refractivity contribution in [1.82, 2.24) is 15.2 Å². The van der Waals surface area contributed by atoms with Crippen LogP contribution in [0.4, 0.5) is 0 Å². The molecule has 0 aliphatic carbocycles. The number of likely N-dealkylation sites (tertiary alicyclic amines) is 1. The largest absolute Gasteiger partial charge is 0.338 e. The molecule has 1 saturated heterocycles. The fraction of sp³-hybridized carbons (Fsp3) is 0.571. The van der Waals surface area contributed by atoms with Crippen LogP contribution in [0.5, 0.6) is 0 Å². The first-order chi connectivity index (χ1) is 8.61. The van der Waals surface area contributed by atoms with E-state index in [2.05, 4.69) is 10.3 Å². The van der Waals surface area contributed by atoms with Crippen LogP contribution >= 0.6 is 24.8 Å². The number of hydrogen-bond acceptors (Lipinski definition) is 3. The van der Waals surface area contributed by atoms with Gasteiger partial charge in [0, 0.05) is 18.8 Å². The topological polar surface area (TPSA) is 45.2 Å². The summed E-state index contributed by atoms with van der Waals surface area (Å²) in [5.41, 5.74) is 2.53. The summed E-state index contributed by atoms with van der Waals surface area (Å²) in [6.45, 7) is 6.54. The van der Waals surface area contributed by atoms with Crippen LogP contribution in [-0.2, 0) is 0 Å². The Morgan fingerprint density at radius 3 is 2.70 bits per heavy atom. The summed E-state index contributed by atoms with van der Waals surface area (Å²) in [5.74, 6) is 0.705. The molecule has 114 valence electrons. The Labute approximate surface area is 133 Å². The summed E-state index contributed by atoms with van der Waals surface area (Å²) in [5, 5.41) is 3.18. The minimum Gasteiger partial charge on any atom is -0.338 e. The van der Waals surface area contributed by atoms with E-state index < -0.39 is 0 Å². The highest BCUT2D eigenvalue weighted by molar-refractivity contribution is 5.95. The van der Waals surface area contributed by atoms with Gasteiger partial charge in [0.2, 0.25) is 0 Å². The molecule has 0 radical (unpaired) electrons. The molecular formula is C14H23Cl2N3O. The Balaban J connectivity index is 0.00000180. The molecule has 0 spiro atoms. The van der Waals surface area contributed by atoms with Gasteiger partial charge in [0.25, 0.3) is 5.91 Å². The first-order valence-electron chi connectivity index (χ1n) is 6.50. The van der Waals surface area contributed by atoms with E-state index in [1.54, 1.807) is 0 Å². The summed E-state index contributed by atoms with van der Waals surface area (Å²) in [4.78, 5) is 18.7. The van der Waals surface area contributed by atoms with E-state index in [1.165, 1.54) is 0 Å². The van der Waals surface area contributed by atoms with Crippen LogP contribution in [-0.4, -0.2) is 42.5 Å². The van der Waals surface area contributed by atoms with Crippen molar-refractivity contribution in [3.8, 4) is 0 Å². The van der Waals surface area contributed by atoms with Crippen LogP contribution in [0.3, 0.4) is 0 Å². The molecule has 1 aliphatic rings. The monoisotopic (exact) mass is 319 g/mol. The maximum Gasteiger partial charge on any atom is 0.255 e. The molecule has 0 bridgehead atoms. The molecule has 20 heavy (non-hydrogen) atoms. The lowest BCUT2D eigenvalue weighted by atomic mass is 10.1. The fourth-order valence-corrected chi connectivity index (χ4v) is 2.56. The lowest BCUT2D eigenvalue weighted by Crippen LogP contribution is -2.31. The number of carbonyl (C=O) groups excluding carboxylic acids is 1. The van der Waals surface area contributed by atoms with E-state index in [1.807, 2.05) is 37.9 Å². The quantitative estimate of drug-likeness (QED) is 0.929. The minimum absolute atomic E-state index is 0. The molecular weight excluding hydrogens is 297 g/mol. The highest BCUT2D eigenvalue weighted by atomic mass is 35.5. The van der Waals surface area contributed by atoms with E-state index in [0.29, 0.717) is 5.92 Å². The highest BCUT2D eigenvalue weighted by Crippen LogP contribution is 2.19. The number of amides is 1. The predicted molar refractivity (Wildman–Crippen MR) is 86.1 cm³/mol. The molecule has 1 fully saturated rings. The number of aromatic nitrogens is 1. The van der Waals surface area contributed by atoms with Gasteiger partial charge in [-0.25, -0.2) is 0 Å². The summed E-state index contributed by atoms with van der Waals surface area (Å²) in [6, 6.07) is 3.80. The van der Waals surface area contributed by atoms with E-state index in [9.17, 15) is 4.79 Å². The predicted octanol–water partition coefficient (Wildman–Crippen LogP) is 2.22. The van der Waals surface area contributed by atoms with Crippen LogP contribution in [0, 0.1) is 19.8 Å². The molecule has 1 amide bonds. The van der Waals surface area contributed by atoms with Crippen molar-refractivity contribution >= 4 is 30.7 Å². The van der Waals surface area contributed by atoms with Gasteiger partial charge < -0.3 is 10.2 Å². The van der Waals surface area contributed by atoms with Crippen molar-refractivity contribution in [2.24, 2.45) is 5.92 Å². The first kappa shape index (κ1) is 19.2. The minimum atomic E-state index is 0. The molecule has 1 aromatic rings. The van der Waals surface area contributed by atoms with E-state index in [-0.39, 0.29) is 30.7 Å². The maximum atomic E-state index is 12.4. The zero-order valence-electron chi connectivity index (χ0n) is 12.2. The Bertz CT molecular complexity index is 454. The molecule has 0 saturated carbocycles. The highest BCUT2D eigenvalue weighted by Gasteiger charge is 2.27. The summed E-state index contributed by atoms with van der Waals surface area (Å²) in [6.07, 6.45) is 1.09. The van der Waals surface area contributed by atoms with Crippen LogP contribution < -0.4 is 5.32 Å². The van der Waals surface area contributed by atoms with Crippen molar-refractivity contribution in [1.29, 1.82) is 0 Å². The zero-order chi connectivity index (χ0) is 13.1. The van der Waals surface area contributed by atoms with E-state index in [0.717, 1.165) is 43.0 Å². The number of nitrogens with zero attached hydrogens (tertiary/aromatic N) is 2. The number of hydrogen-bond donors (Lipinski definition) is 1. The van der Waals surface area contributed by atoms with Crippen LogP contribution in [0.1, 0.15) is 28.2 Å². The molecule has 1 aliphatic heterocycles. The number of halogens is 2. The first-order valence-corrected chi connectivity index (χ1v) is 6.50. The average Bonchev–Trinajstić information content (AvgIpc) is 2.77. The summed E-state index contributed by atoms with van der Waals surface area (Å²) < 4.78 is 0. The summed E-state index contributed by atoms with van der Waals surface area (Å²) in [7, 11) is 1.96. The third kappa shape index (κ3) is 4.33. The molecule has 2 rings (SSSR count). The number of rotatable bonds is 3. The maximum absolute atomic E-state index is 12.4. The van der Waals surface area contributed by atoms with Gasteiger partial charge in [0.15, 0.2) is 0 Å². The molecule has 1 atom stereocenters. The van der Waals surface area contributed by atoms with Crippen molar-refractivity contribution in [2.75, 3.05) is 26.7 Å². The number of aryl methyl sites for hydroxylation is 2. The van der Waals surface area contributed by atoms with Gasteiger partial charge in [-0.3, -0.25) is 9.78 Å². The lowest BCUT2D eigenvalue weighted by Gasteiger charge is -2.17. The molecule has 0 aromatic carbocycles. The number of pyridine rings is 1. The molecule has 1 aromatic heterocycles.